The van der Waals surface area contributed by atoms with Gasteiger partial charge in [0, 0.05) is 40.0 Å². The SMILES string of the molecule is CCCCOC1C(OCCCC)[C@](O)(CCCOC(C)=O)[C@@H](OCCCC)C(OCCCC)[C@H]1OCCCC. The maximum Gasteiger partial charge on any atom is 0.302 e. The van der Waals surface area contributed by atoms with Crippen LogP contribution in [-0.4, -0.2) is 86.8 Å². The third-order valence-corrected chi connectivity index (χ3v) is 7.27. The summed E-state index contributed by atoms with van der Waals surface area (Å²) in [5, 5.41) is 12.6. The molecule has 8 heteroatoms. The number of rotatable bonds is 24. The van der Waals surface area contributed by atoms with E-state index in [4.69, 9.17) is 28.4 Å². The van der Waals surface area contributed by atoms with Crippen LogP contribution in [0.4, 0.5) is 0 Å². The van der Waals surface area contributed by atoms with E-state index in [0.717, 1.165) is 64.2 Å². The standard InChI is InChI=1S/C31H60O8/c1-7-12-19-35-26-27(36-20-13-8-2)29(38-22-15-10-4)31(33,18-17-24-34-25(6)32)30(39-23-16-11-5)28(26)37-21-14-9-3/h26-30,33H,7-24H2,1-6H3/t26-,27?,28?,29+,30?,31+/m1/s1. The number of ether oxygens (including phenoxy) is 6. The minimum atomic E-state index is -1.40. The lowest BCUT2D eigenvalue weighted by Gasteiger charge is -2.54. The topological polar surface area (TPSA) is 92.7 Å². The molecule has 1 rings (SSSR count). The molecule has 0 aromatic rings. The number of carbonyl (C=O) groups excluding carboxylic acids is 1. The predicted octanol–water partition coefficient (Wildman–Crippen LogP) is 6.00. The van der Waals surface area contributed by atoms with Crippen LogP contribution in [0.2, 0.25) is 0 Å². The Morgan fingerprint density at radius 2 is 0.923 bits per heavy atom. The van der Waals surface area contributed by atoms with E-state index in [1.807, 2.05) is 0 Å². The second-order valence-corrected chi connectivity index (χ2v) is 10.8. The van der Waals surface area contributed by atoms with E-state index >= 15 is 0 Å². The number of hydrogen-bond acceptors (Lipinski definition) is 8. The fourth-order valence-corrected chi connectivity index (χ4v) is 4.95. The third kappa shape index (κ3) is 12.7. The van der Waals surface area contributed by atoms with E-state index in [9.17, 15) is 9.90 Å². The smallest absolute Gasteiger partial charge is 0.302 e. The highest BCUT2D eigenvalue weighted by atomic mass is 16.6. The van der Waals surface area contributed by atoms with E-state index in [2.05, 4.69) is 34.6 Å². The van der Waals surface area contributed by atoms with Gasteiger partial charge in [0.1, 0.15) is 36.1 Å². The maximum atomic E-state index is 12.6. The lowest BCUT2D eigenvalue weighted by Crippen LogP contribution is -2.73. The normalized spacial score (nSPS) is 27.1. The van der Waals surface area contributed by atoms with Crippen molar-refractivity contribution in [3.8, 4) is 0 Å². The first-order chi connectivity index (χ1) is 18.9. The van der Waals surface area contributed by atoms with Crippen molar-refractivity contribution in [1.29, 1.82) is 0 Å². The highest BCUT2D eigenvalue weighted by Crippen LogP contribution is 2.41. The average molecular weight is 561 g/mol. The van der Waals surface area contributed by atoms with Gasteiger partial charge in [-0.3, -0.25) is 4.79 Å². The Morgan fingerprint density at radius 1 is 0.564 bits per heavy atom. The van der Waals surface area contributed by atoms with Crippen molar-refractivity contribution in [2.45, 2.75) is 155 Å². The van der Waals surface area contributed by atoms with E-state index in [1.54, 1.807) is 0 Å². The molecule has 0 heterocycles. The average Bonchev–Trinajstić information content (AvgIpc) is 2.91. The molecule has 0 radical (unpaired) electrons. The van der Waals surface area contributed by atoms with Gasteiger partial charge in [-0.1, -0.05) is 66.7 Å². The van der Waals surface area contributed by atoms with Gasteiger partial charge in [-0.15, -0.1) is 0 Å². The van der Waals surface area contributed by atoms with Crippen molar-refractivity contribution in [3.05, 3.63) is 0 Å². The van der Waals surface area contributed by atoms with Gasteiger partial charge >= 0.3 is 5.97 Å². The highest BCUT2D eigenvalue weighted by molar-refractivity contribution is 5.65. The lowest BCUT2D eigenvalue weighted by atomic mass is 9.71. The minimum Gasteiger partial charge on any atom is -0.466 e. The quantitative estimate of drug-likeness (QED) is 0.113. The van der Waals surface area contributed by atoms with Crippen molar-refractivity contribution >= 4 is 5.97 Å². The van der Waals surface area contributed by atoms with E-state index in [0.29, 0.717) is 45.9 Å². The zero-order valence-corrected chi connectivity index (χ0v) is 25.9. The first-order valence-corrected chi connectivity index (χ1v) is 15.8. The molecule has 0 aliphatic heterocycles. The second-order valence-electron chi connectivity index (χ2n) is 10.8. The lowest BCUT2D eigenvalue weighted by molar-refractivity contribution is -0.311. The molecule has 0 spiro atoms. The zero-order chi connectivity index (χ0) is 28.9. The molecule has 8 nitrogen and oxygen atoms in total. The molecular formula is C31H60O8. The summed E-state index contributed by atoms with van der Waals surface area (Å²) >= 11 is 0. The highest BCUT2D eigenvalue weighted by Gasteiger charge is 2.61. The maximum absolute atomic E-state index is 12.6. The zero-order valence-electron chi connectivity index (χ0n) is 25.9. The molecule has 0 aromatic carbocycles. The second kappa shape index (κ2) is 21.9. The van der Waals surface area contributed by atoms with Crippen molar-refractivity contribution in [2.75, 3.05) is 39.6 Å². The third-order valence-electron chi connectivity index (χ3n) is 7.27. The van der Waals surface area contributed by atoms with Gasteiger partial charge in [0.25, 0.3) is 0 Å². The van der Waals surface area contributed by atoms with Gasteiger partial charge in [-0.05, 0) is 44.9 Å². The van der Waals surface area contributed by atoms with Crippen molar-refractivity contribution in [3.63, 3.8) is 0 Å². The number of aliphatic hydroxyl groups is 1. The Kier molecular flexibility index (Phi) is 20.4. The summed E-state index contributed by atoms with van der Waals surface area (Å²) in [5.41, 5.74) is -1.40. The molecule has 0 bridgehead atoms. The Bertz CT molecular complexity index is 569. The summed E-state index contributed by atoms with van der Waals surface area (Å²) in [6.45, 7) is 15.0. The van der Waals surface area contributed by atoms with Gasteiger partial charge in [0.15, 0.2) is 0 Å². The van der Waals surface area contributed by atoms with Crippen LogP contribution in [0.5, 0.6) is 0 Å². The molecule has 39 heavy (non-hydrogen) atoms. The van der Waals surface area contributed by atoms with Crippen molar-refractivity contribution in [2.24, 2.45) is 0 Å². The molecule has 1 saturated carbocycles. The summed E-state index contributed by atoms with van der Waals surface area (Å²) < 4.78 is 37.8. The Morgan fingerprint density at radius 3 is 1.28 bits per heavy atom. The van der Waals surface area contributed by atoms with Crippen LogP contribution in [0.3, 0.4) is 0 Å². The van der Waals surface area contributed by atoms with Gasteiger partial charge in [0.2, 0.25) is 0 Å². The van der Waals surface area contributed by atoms with Crippen LogP contribution < -0.4 is 0 Å². The molecule has 0 amide bonds. The monoisotopic (exact) mass is 560 g/mol. The number of unbranched alkanes of at least 4 members (excludes halogenated alkanes) is 5. The molecule has 1 N–H and O–H groups in total. The van der Waals surface area contributed by atoms with Gasteiger partial charge in [-0.25, -0.2) is 0 Å². The molecule has 1 fully saturated rings. The number of hydrogen-bond donors (Lipinski definition) is 1. The van der Waals surface area contributed by atoms with Crippen molar-refractivity contribution in [1.82, 2.24) is 0 Å². The minimum absolute atomic E-state index is 0.222. The van der Waals surface area contributed by atoms with Crippen LogP contribution in [0.1, 0.15) is 119 Å². The molecule has 1 aliphatic rings. The Hall–Kier alpha value is -0.770. The number of carbonyl (C=O) groups is 1. The molecule has 232 valence electrons. The first-order valence-electron chi connectivity index (χ1n) is 15.8. The van der Waals surface area contributed by atoms with Gasteiger partial charge < -0.3 is 33.5 Å². The van der Waals surface area contributed by atoms with Crippen LogP contribution >= 0.6 is 0 Å². The predicted molar refractivity (Wildman–Crippen MR) is 154 cm³/mol. The molecular weight excluding hydrogens is 500 g/mol. The van der Waals surface area contributed by atoms with Gasteiger partial charge in [-0.2, -0.15) is 0 Å². The molecule has 6 atom stereocenters. The van der Waals surface area contributed by atoms with E-state index in [-0.39, 0.29) is 12.6 Å². The van der Waals surface area contributed by atoms with Crippen LogP contribution in [0.15, 0.2) is 0 Å². The van der Waals surface area contributed by atoms with Crippen LogP contribution in [-0.2, 0) is 33.2 Å². The van der Waals surface area contributed by atoms with Crippen LogP contribution in [0.25, 0.3) is 0 Å². The summed E-state index contributed by atoms with van der Waals surface area (Å²) in [5.74, 6) is -0.330. The fourth-order valence-electron chi connectivity index (χ4n) is 4.95. The van der Waals surface area contributed by atoms with E-state index in [1.165, 1.54) is 6.92 Å². The number of esters is 1. The largest absolute Gasteiger partial charge is 0.466 e. The summed E-state index contributed by atoms with van der Waals surface area (Å²) in [6, 6.07) is 0. The summed E-state index contributed by atoms with van der Waals surface area (Å²) in [7, 11) is 0. The van der Waals surface area contributed by atoms with Gasteiger partial charge in [0.05, 0.1) is 6.61 Å². The Labute approximate surface area is 238 Å². The molecule has 3 unspecified atom stereocenters. The summed E-state index contributed by atoms with van der Waals surface area (Å²) in [6.07, 6.45) is 7.49. The molecule has 1 aliphatic carbocycles. The summed E-state index contributed by atoms with van der Waals surface area (Å²) in [4.78, 5) is 11.4. The first kappa shape index (κ1) is 36.3. The molecule has 0 saturated heterocycles. The Balaban J connectivity index is 3.53. The van der Waals surface area contributed by atoms with E-state index < -0.39 is 36.1 Å². The molecule has 0 aromatic heterocycles. The van der Waals surface area contributed by atoms with Crippen LogP contribution in [0, 0.1) is 0 Å². The fraction of sp³-hybridized carbons (Fsp3) is 0.968. The van der Waals surface area contributed by atoms with Crippen molar-refractivity contribution < 1.29 is 38.3 Å².